The van der Waals surface area contributed by atoms with Gasteiger partial charge in [0.2, 0.25) is 0 Å². The van der Waals surface area contributed by atoms with Crippen LogP contribution in [-0.4, -0.2) is 53.0 Å². The Bertz CT molecular complexity index is 201. The highest BCUT2D eigenvalue weighted by Crippen LogP contribution is 2.28. The number of hydrogen-bond donors (Lipinski definition) is 3. The standard InChI is InChI=1S/C10H20N2O2/c11-8-1-2-9(3-8)12-4-7(6-13)10(14)5-12/h7-10,13-14H,1-6,11H2. The maximum absolute atomic E-state index is 9.65. The van der Waals surface area contributed by atoms with Crippen LogP contribution in [0, 0.1) is 5.92 Å². The van der Waals surface area contributed by atoms with E-state index < -0.39 is 0 Å². The Hall–Kier alpha value is -0.160. The van der Waals surface area contributed by atoms with Gasteiger partial charge in [-0.3, -0.25) is 4.90 Å². The van der Waals surface area contributed by atoms with E-state index in [0.29, 0.717) is 18.6 Å². The highest BCUT2D eigenvalue weighted by molar-refractivity contribution is 4.92. The number of β-amino-alcohol motifs (C(OH)–C–C–N with tert-alkyl or cyclic N) is 1. The van der Waals surface area contributed by atoms with Crippen LogP contribution in [0.3, 0.4) is 0 Å². The molecule has 4 atom stereocenters. The van der Waals surface area contributed by atoms with Gasteiger partial charge >= 0.3 is 0 Å². The van der Waals surface area contributed by atoms with Crippen LogP contribution >= 0.6 is 0 Å². The fraction of sp³-hybridized carbons (Fsp3) is 1.00. The Morgan fingerprint density at radius 1 is 1.29 bits per heavy atom. The number of rotatable bonds is 2. The van der Waals surface area contributed by atoms with Gasteiger partial charge in [0.15, 0.2) is 0 Å². The highest BCUT2D eigenvalue weighted by atomic mass is 16.3. The molecule has 82 valence electrons. The van der Waals surface area contributed by atoms with Gasteiger partial charge < -0.3 is 15.9 Å². The molecule has 1 aliphatic carbocycles. The lowest BCUT2D eigenvalue weighted by molar-refractivity contribution is 0.102. The zero-order chi connectivity index (χ0) is 10.1. The van der Waals surface area contributed by atoms with Gasteiger partial charge in [0.25, 0.3) is 0 Å². The van der Waals surface area contributed by atoms with E-state index in [0.717, 1.165) is 25.8 Å². The van der Waals surface area contributed by atoms with Gasteiger partial charge in [-0.15, -0.1) is 0 Å². The van der Waals surface area contributed by atoms with Crippen molar-refractivity contribution in [3.63, 3.8) is 0 Å². The maximum atomic E-state index is 9.65. The summed E-state index contributed by atoms with van der Waals surface area (Å²) in [6.45, 7) is 1.63. The summed E-state index contributed by atoms with van der Waals surface area (Å²) >= 11 is 0. The molecule has 0 aromatic carbocycles. The number of likely N-dealkylation sites (tertiary alicyclic amines) is 1. The Kier molecular flexibility index (Phi) is 3.07. The molecule has 4 heteroatoms. The van der Waals surface area contributed by atoms with E-state index in [2.05, 4.69) is 4.90 Å². The summed E-state index contributed by atoms with van der Waals surface area (Å²) in [5, 5.41) is 18.7. The van der Waals surface area contributed by atoms with Gasteiger partial charge in [-0.2, -0.15) is 0 Å². The van der Waals surface area contributed by atoms with Crippen molar-refractivity contribution >= 4 is 0 Å². The molecule has 2 fully saturated rings. The third-order valence-corrected chi connectivity index (χ3v) is 3.63. The van der Waals surface area contributed by atoms with Crippen molar-refractivity contribution in [3.8, 4) is 0 Å². The zero-order valence-electron chi connectivity index (χ0n) is 8.47. The van der Waals surface area contributed by atoms with Crippen molar-refractivity contribution in [1.82, 2.24) is 4.90 Å². The molecule has 4 nitrogen and oxygen atoms in total. The Labute approximate surface area is 84.7 Å². The van der Waals surface area contributed by atoms with Gasteiger partial charge in [0.1, 0.15) is 0 Å². The Morgan fingerprint density at radius 3 is 2.57 bits per heavy atom. The van der Waals surface area contributed by atoms with Crippen LogP contribution in [-0.2, 0) is 0 Å². The summed E-state index contributed by atoms with van der Waals surface area (Å²) in [5.74, 6) is 0.0480. The Balaban J connectivity index is 1.88. The minimum absolute atomic E-state index is 0.0480. The molecule has 1 aliphatic heterocycles. The first-order chi connectivity index (χ1) is 6.70. The summed E-state index contributed by atoms with van der Waals surface area (Å²) in [6.07, 6.45) is 2.94. The van der Waals surface area contributed by atoms with E-state index in [1.807, 2.05) is 0 Å². The molecule has 0 radical (unpaired) electrons. The molecule has 1 saturated heterocycles. The molecule has 1 heterocycles. The number of hydrogen-bond acceptors (Lipinski definition) is 4. The Morgan fingerprint density at radius 2 is 2.07 bits per heavy atom. The molecule has 0 aromatic heterocycles. The lowest BCUT2D eigenvalue weighted by Crippen LogP contribution is -2.33. The first-order valence-electron chi connectivity index (χ1n) is 5.49. The molecule has 0 spiro atoms. The summed E-state index contributed by atoms with van der Waals surface area (Å²) in [4.78, 5) is 2.29. The molecule has 0 bridgehead atoms. The molecular weight excluding hydrogens is 180 g/mol. The van der Waals surface area contributed by atoms with Gasteiger partial charge in [0.05, 0.1) is 6.10 Å². The van der Waals surface area contributed by atoms with Crippen molar-refractivity contribution in [2.45, 2.75) is 37.5 Å². The van der Waals surface area contributed by atoms with E-state index in [1.54, 1.807) is 0 Å². The van der Waals surface area contributed by atoms with Crippen LogP contribution in [0.5, 0.6) is 0 Å². The monoisotopic (exact) mass is 200 g/mol. The van der Waals surface area contributed by atoms with E-state index >= 15 is 0 Å². The van der Waals surface area contributed by atoms with Gasteiger partial charge in [0, 0.05) is 37.7 Å². The first kappa shape index (κ1) is 10.4. The van der Waals surface area contributed by atoms with Crippen LogP contribution in [0.4, 0.5) is 0 Å². The second-order valence-corrected chi connectivity index (χ2v) is 4.69. The predicted octanol–water partition coefficient (Wildman–Crippen LogP) is -0.849. The number of aliphatic hydroxyl groups excluding tert-OH is 2. The van der Waals surface area contributed by atoms with Crippen molar-refractivity contribution < 1.29 is 10.2 Å². The molecular formula is C10H20N2O2. The van der Waals surface area contributed by atoms with Crippen LogP contribution in [0.2, 0.25) is 0 Å². The number of nitrogens with zero attached hydrogens (tertiary/aromatic N) is 1. The average molecular weight is 200 g/mol. The van der Waals surface area contributed by atoms with Crippen molar-refractivity contribution in [2.24, 2.45) is 11.7 Å². The summed E-state index contributed by atoms with van der Waals surface area (Å²) in [5.41, 5.74) is 5.86. The van der Waals surface area contributed by atoms with Gasteiger partial charge in [-0.1, -0.05) is 0 Å². The number of aliphatic hydroxyl groups is 2. The molecule has 0 amide bonds. The lowest BCUT2D eigenvalue weighted by atomic mass is 10.1. The normalized spacial score (nSPS) is 44.8. The molecule has 2 rings (SSSR count). The first-order valence-corrected chi connectivity index (χ1v) is 5.49. The molecule has 0 aromatic rings. The van der Waals surface area contributed by atoms with Gasteiger partial charge in [-0.05, 0) is 19.3 Å². The molecule has 4 unspecified atom stereocenters. The van der Waals surface area contributed by atoms with E-state index in [-0.39, 0.29) is 18.6 Å². The summed E-state index contributed by atoms with van der Waals surface area (Å²) in [6, 6.07) is 0.876. The quantitative estimate of drug-likeness (QED) is 0.543. The SMILES string of the molecule is NC1CCC(N2CC(O)C(CO)C2)C1. The minimum Gasteiger partial charge on any atom is -0.396 e. The van der Waals surface area contributed by atoms with Crippen molar-refractivity contribution in [3.05, 3.63) is 0 Å². The minimum atomic E-state index is -0.350. The van der Waals surface area contributed by atoms with Crippen LogP contribution in [0.25, 0.3) is 0 Å². The largest absolute Gasteiger partial charge is 0.396 e. The fourth-order valence-corrected chi connectivity index (χ4v) is 2.69. The van der Waals surface area contributed by atoms with Crippen LogP contribution < -0.4 is 5.73 Å². The van der Waals surface area contributed by atoms with Crippen LogP contribution in [0.1, 0.15) is 19.3 Å². The maximum Gasteiger partial charge on any atom is 0.0729 e. The van der Waals surface area contributed by atoms with Crippen molar-refractivity contribution in [1.29, 1.82) is 0 Å². The molecule has 4 N–H and O–H groups in total. The zero-order valence-corrected chi connectivity index (χ0v) is 8.47. The van der Waals surface area contributed by atoms with E-state index in [9.17, 15) is 5.11 Å². The summed E-state index contributed by atoms with van der Waals surface area (Å²) in [7, 11) is 0. The van der Waals surface area contributed by atoms with E-state index in [1.165, 1.54) is 0 Å². The molecule has 14 heavy (non-hydrogen) atoms. The van der Waals surface area contributed by atoms with Gasteiger partial charge in [-0.25, -0.2) is 0 Å². The smallest absolute Gasteiger partial charge is 0.0729 e. The predicted molar refractivity (Wildman–Crippen MR) is 53.8 cm³/mol. The van der Waals surface area contributed by atoms with Crippen LogP contribution in [0.15, 0.2) is 0 Å². The highest BCUT2D eigenvalue weighted by Gasteiger charge is 2.36. The third kappa shape index (κ3) is 1.93. The third-order valence-electron chi connectivity index (χ3n) is 3.63. The second-order valence-electron chi connectivity index (χ2n) is 4.69. The molecule has 2 aliphatic rings. The van der Waals surface area contributed by atoms with Crippen molar-refractivity contribution in [2.75, 3.05) is 19.7 Å². The molecule has 1 saturated carbocycles. The average Bonchev–Trinajstić information content (AvgIpc) is 2.71. The van der Waals surface area contributed by atoms with E-state index in [4.69, 9.17) is 10.8 Å². The lowest BCUT2D eigenvalue weighted by Gasteiger charge is -2.23. The number of nitrogens with two attached hydrogens (primary N) is 1. The fourth-order valence-electron chi connectivity index (χ4n) is 2.69. The second kappa shape index (κ2) is 4.14. The topological polar surface area (TPSA) is 69.7 Å². The summed E-state index contributed by atoms with van der Waals surface area (Å²) < 4.78 is 0.